The van der Waals surface area contributed by atoms with Gasteiger partial charge < -0.3 is 5.73 Å². The van der Waals surface area contributed by atoms with Gasteiger partial charge in [0.1, 0.15) is 5.84 Å². The summed E-state index contributed by atoms with van der Waals surface area (Å²) in [5.74, 6) is 0.0614. The van der Waals surface area contributed by atoms with Crippen LogP contribution in [0.4, 0.5) is 0 Å². The zero-order chi connectivity index (χ0) is 14.0. The number of benzene rings is 2. The van der Waals surface area contributed by atoms with E-state index in [-0.39, 0.29) is 5.84 Å². The van der Waals surface area contributed by atoms with Crippen molar-refractivity contribution in [1.82, 2.24) is 0 Å². The minimum absolute atomic E-state index is 0.0614. The van der Waals surface area contributed by atoms with E-state index in [1.165, 1.54) is 11.8 Å². The molecular formula is C14H12Cl2N2S. The van der Waals surface area contributed by atoms with Crippen LogP contribution in [-0.4, -0.2) is 5.84 Å². The molecule has 0 aliphatic heterocycles. The van der Waals surface area contributed by atoms with E-state index in [2.05, 4.69) is 0 Å². The van der Waals surface area contributed by atoms with Crippen LogP contribution in [0.2, 0.25) is 10.0 Å². The second kappa shape index (κ2) is 5.87. The maximum atomic E-state index is 7.63. The van der Waals surface area contributed by atoms with Crippen molar-refractivity contribution in [3.63, 3.8) is 0 Å². The minimum Gasteiger partial charge on any atom is -0.384 e. The van der Waals surface area contributed by atoms with Gasteiger partial charge >= 0.3 is 0 Å². The second-order valence-corrected chi connectivity index (χ2v) is 6.02. The molecule has 0 heterocycles. The molecule has 19 heavy (non-hydrogen) atoms. The molecule has 0 atom stereocenters. The highest BCUT2D eigenvalue weighted by atomic mass is 35.5. The van der Waals surface area contributed by atoms with Crippen molar-refractivity contribution in [3.8, 4) is 0 Å². The quantitative estimate of drug-likeness (QED) is 0.635. The average Bonchev–Trinajstić information content (AvgIpc) is 2.36. The maximum Gasteiger partial charge on any atom is 0.123 e. The molecule has 0 amide bonds. The average molecular weight is 311 g/mol. The fourth-order valence-electron chi connectivity index (χ4n) is 1.61. The predicted molar refractivity (Wildman–Crippen MR) is 82.8 cm³/mol. The fourth-order valence-corrected chi connectivity index (χ4v) is 2.96. The predicted octanol–water partition coefficient (Wildman–Crippen LogP) is 4.74. The Morgan fingerprint density at radius 2 is 1.84 bits per heavy atom. The first-order valence-corrected chi connectivity index (χ1v) is 7.12. The van der Waals surface area contributed by atoms with Gasteiger partial charge in [-0.15, -0.1) is 0 Å². The van der Waals surface area contributed by atoms with E-state index in [0.29, 0.717) is 10.0 Å². The van der Waals surface area contributed by atoms with Crippen molar-refractivity contribution in [2.45, 2.75) is 16.7 Å². The third kappa shape index (κ3) is 3.44. The summed E-state index contributed by atoms with van der Waals surface area (Å²) in [4.78, 5) is 1.89. The Kier molecular flexibility index (Phi) is 4.40. The van der Waals surface area contributed by atoms with E-state index >= 15 is 0 Å². The molecule has 0 fully saturated rings. The molecule has 0 unspecified atom stereocenters. The summed E-state index contributed by atoms with van der Waals surface area (Å²) in [6.07, 6.45) is 0. The number of nitrogen functional groups attached to an aromatic ring is 1. The van der Waals surface area contributed by atoms with E-state index in [4.69, 9.17) is 34.3 Å². The fraction of sp³-hybridized carbons (Fsp3) is 0.0714. The van der Waals surface area contributed by atoms with Gasteiger partial charge in [-0.1, -0.05) is 46.6 Å². The molecule has 2 rings (SSSR count). The van der Waals surface area contributed by atoms with E-state index in [1.54, 1.807) is 12.1 Å². The third-order valence-corrected chi connectivity index (χ3v) is 4.35. The molecule has 0 aliphatic carbocycles. The van der Waals surface area contributed by atoms with Gasteiger partial charge in [0, 0.05) is 15.4 Å². The summed E-state index contributed by atoms with van der Waals surface area (Å²) in [5.41, 5.74) is 7.42. The van der Waals surface area contributed by atoms with Crippen LogP contribution in [0.15, 0.2) is 46.2 Å². The molecule has 0 aromatic heterocycles. The Morgan fingerprint density at radius 3 is 2.47 bits per heavy atom. The number of halogens is 2. The first-order chi connectivity index (χ1) is 8.97. The maximum absolute atomic E-state index is 7.63. The number of nitrogens with one attached hydrogen (secondary N) is 1. The number of aryl methyl sites for hydroxylation is 1. The largest absolute Gasteiger partial charge is 0.384 e. The Bertz CT molecular complexity index is 641. The van der Waals surface area contributed by atoms with Gasteiger partial charge in [-0.25, -0.2) is 0 Å². The van der Waals surface area contributed by atoms with Gasteiger partial charge in [-0.3, -0.25) is 5.41 Å². The Balaban J connectivity index is 2.37. The van der Waals surface area contributed by atoms with Crippen LogP contribution in [-0.2, 0) is 0 Å². The molecule has 5 heteroatoms. The lowest BCUT2D eigenvalue weighted by atomic mass is 10.1. The molecule has 0 saturated heterocycles. The molecule has 2 aromatic rings. The molecule has 2 nitrogen and oxygen atoms in total. The van der Waals surface area contributed by atoms with Crippen LogP contribution in [0.5, 0.6) is 0 Å². The van der Waals surface area contributed by atoms with Crippen molar-refractivity contribution in [3.05, 3.63) is 57.6 Å². The zero-order valence-corrected chi connectivity index (χ0v) is 12.5. The van der Waals surface area contributed by atoms with Gasteiger partial charge in [-0.2, -0.15) is 0 Å². The molecule has 0 spiro atoms. The summed E-state index contributed by atoms with van der Waals surface area (Å²) in [7, 11) is 0. The van der Waals surface area contributed by atoms with E-state index in [0.717, 1.165) is 20.9 Å². The smallest absolute Gasteiger partial charge is 0.123 e. The van der Waals surface area contributed by atoms with E-state index in [1.807, 2.05) is 31.2 Å². The topological polar surface area (TPSA) is 49.9 Å². The number of amidine groups is 1. The van der Waals surface area contributed by atoms with Gasteiger partial charge in [0.15, 0.2) is 0 Å². The van der Waals surface area contributed by atoms with Crippen molar-refractivity contribution in [2.75, 3.05) is 0 Å². The van der Waals surface area contributed by atoms with Crippen molar-refractivity contribution in [2.24, 2.45) is 5.73 Å². The van der Waals surface area contributed by atoms with Crippen molar-refractivity contribution in [1.29, 1.82) is 5.41 Å². The molecular weight excluding hydrogens is 299 g/mol. The number of rotatable bonds is 3. The number of hydrogen-bond acceptors (Lipinski definition) is 2. The molecule has 0 radical (unpaired) electrons. The van der Waals surface area contributed by atoms with Crippen LogP contribution < -0.4 is 5.73 Å². The van der Waals surface area contributed by atoms with Crippen LogP contribution in [0.3, 0.4) is 0 Å². The van der Waals surface area contributed by atoms with Crippen LogP contribution >= 0.6 is 35.0 Å². The molecule has 3 N–H and O–H groups in total. The Hall–Kier alpha value is -1.16. The third-order valence-electron chi connectivity index (χ3n) is 2.54. The summed E-state index contributed by atoms with van der Waals surface area (Å²) >= 11 is 13.4. The normalized spacial score (nSPS) is 10.5. The van der Waals surface area contributed by atoms with Crippen LogP contribution in [0.25, 0.3) is 0 Å². The van der Waals surface area contributed by atoms with Gasteiger partial charge in [0.05, 0.1) is 10.0 Å². The molecule has 0 bridgehead atoms. The lowest BCUT2D eigenvalue weighted by molar-refractivity contribution is 1.30. The monoisotopic (exact) mass is 310 g/mol. The second-order valence-electron chi connectivity index (χ2n) is 4.09. The SMILES string of the molecule is Cc1ccc(Sc2ccc(Cl)c(Cl)c2)c(C(=N)N)c1. The number of hydrogen-bond donors (Lipinski definition) is 2. The molecule has 0 saturated carbocycles. The molecule has 0 aliphatic rings. The standard InChI is InChI=1S/C14H12Cl2N2S/c1-8-2-5-13(10(6-8)14(17)18)19-9-3-4-11(15)12(16)7-9/h2-7H,1H3,(H3,17,18). The summed E-state index contributed by atoms with van der Waals surface area (Å²) in [6, 6.07) is 11.3. The minimum atomic E-state index is 0.0614. The van der Waals surface area contributed by atoms with Gasteiger partial charge in [0.2, 0.25) is 0 Å². The molecule has 98 valence electrons. The van der Waals surface area contributed by atoms with Crippen molar-refractivity contribution < 1.29 is 0 Å². The summed E-state index contributed by atoms with van der Waals surface area (Å²) in [5, 5.41) is 8.68. The Morgan fingerprint density at radius 1 is 1.11 bits per heavy atom. The molecule has 2 aromatic carbocycles. The first-order valence-electron chi connectivity index (χ1n) is 5.55. The summed E-state index contributed by atoms with van der Waals surface area (Å²) in [6.45, 7) is 1.97. The van der Waals surface area contributed by atoms with Crippen LogP contribution in [0, 0.1) is 12.3 Å². The highest BCUT2D eigenvalue weighted by molar-refractivity contribution is 7.99. The first kappa shape index (κ1) is 14.3. The highest BCUT2D eigenvalue weighted by Crippen LogP contribution is 2.34. The summed E-state index contributed by atoms with van der Waals surface area (Å²) < 4.78 is 0. The number of nitrogens with two attached hydrogens (primary N) is 1. The van der Waals surface area contributed by atoms with E-state index < -0.39 is 0 Å². The Labute approximate surface area is 126 Å². The van der Waals surface area contributed by atoms with Gasteiger partial charge in [-0.05, 0) is 37.3 Å². The lowest BCUT2D eigenvalue weighted by Gasteiger charge is -2.09. The van der Waals surface area contributed by atoms with E-state index in [9.17, 15) is 0 Å². The van der Waals surface area contributed by atoms with Crippen molar-refractivity contribution >= 4 is 40.8 Å². The highest BCUT2D eigenvalue weighted by Gasteiger charge is 2.08. The van der Waals surface area contributed by atoms with Crippen LogP contribution in [0.1, 0.15) is 11.1 Å². The van der Waals surface area contributed by atoms with Gasteiger partial charge in [0.25, 0.3) is 0 Å². The zero-order valence-electron chi connectivity index (χ0n) is 10.2. The lowest BCUT2D eigenvalue weighted by Crippen LogP contribution is -2.12.